The van der Waals surface area contributed by atoms with Gasteiger partial charge in [0.25, 0.3) is 5.91 Å². The molecule has 0 aliphatic heterocycles. The van der Waals surface area contributed by atoms with E-state index in [0.29, 0.717) is 23.0 Å². The molecule has 152 valence electrons. The van der Waals surface area contributed by atoms with Crippen LogP contribution in [0.4, 0.5) is 5.69 Å². The number of carbonyl (C=O) groups excluding carboxylic acids is 1. The van der Waals surface area contributed by atoms with Crippen molar-refractivity contribution in [3.8, 4) is 17.1 Å². The van der Waals surface area contributed by atoms with Crippen LogP contribution in [0.25, 0.3) is 17.1 Å². The summed E-state index contributed by atoms with van der Waals surface area (Å²) in [5.74, 6) is 0.837. The van der Waals surface area contributed by atoms with Crippen molar-refractivity contribution in [1.29, 1.82) is 0 Å². The average molecular weight is 401 g/mol. The molecule has 2 heterocycles. The molecule has 0 radical (unpaired) electrons. The lowest BCUT2D eigenvalue weighted by Gasteiger charge is -2.08. The summed E-state index contributed by atoms with van der Waals surface area (Å²) in [4.78, 5) is 17.2. The maximum absolute atomic E-state index is 12.9. The predicted molar refractivity (Wildman–Crippen MR) is 115 cm³/mol. The van der Waals surface area contributed by atoms with E-state index >= 15 is 0 Å². The number of rotatable bonds is 4. The molecule has 2 aromatic carbocycles. The van der Waals surface area contributed by atoms with Gasteiger partial charge >= 0.3 is 0 Å². The number of nitrogens with one attached hydrogen (secondary N) is 1. The minimum absolute atomic E-state index is 0.189. The van der Waals surface area contributed by atoms with Gasteiger partial charge in [0, 0.05) is 24.4 Å². The summed E-state index contributed by atoms with van der Waals surface area (Å²) in [6.07, 6.45) is 1.75. The van der Waals surface area contributed by atoms with E-state index < -0.39 is 0 Å². The van der Waals surface area contributed by atoms with Gasteiger partial charge in [-0.1, -0.05) is 23.4 Å². The lowest BCUT2D eigenvalue weighted by molar-refractivity contribution is 0.102. The summed E-state index contributed by atoms with van der Waals surface area (Å²) in [5, 5.41) is 11.5. The Hall–Kier alpha value is -3.74. The molecule has 0 spiro atoms. The van der Waals surface area contributed by atoms with Gasteiger partial charge in [-0.25, -0.2) is 4.68 Å². The van der Waals surface area contributed by atoms with Crippen LogP contribution in [0.15, 0.2) is 47.1 Å². The third-order valence-electron chi connectivity index (χ3n) is 4.86. The first-order valence-electron chi connectivity index (χ1n) is 9.68. The molecular formula is C23H23N5O2. The Labute approximate surface area is 174 Å². The summed E-state index contributed by atoms with van der Waals surface area (Å²) in [6, 6.07) is 11.8. The van der Waals surface area contributed by atoms with Crippen molar-refractivity contribution in [3.63, 3.8) is 0 Å². The SMILES string of the molecule is Cc1cc(C)cc(NC(=O)c2cn(-c3cc(-c4noc(C)n4)ccc3C)nc2C)c1. The number of nitrogens with zero attached hydrogens (tertiary/aromatic N) is 4. The standard InChI is InChI=1S/C23H23N5O2/c1-13-8-14(2)10-19(9-13)25-23(29)20-12-28(26-16(20)4)21-11-18(7-6-15(21)3)22-24-17(5)30-27-22/h6-12H,1-5H3,(H,25,29). The Morgan fingerprint density at radius 3 is 2.40 bits per heavy atom. The summed E-state index contributed by atoms with van der Waals surface area (Å²) >= 11 is 0. The molecule has 7 nitrogen and oxygen atoms in total. The molecule has 0 aliphatic rings. The summed E-state index contributed by atoms with van der Waals surface area (Å²) in [6.45, 7) is 9.59. The maximum Gasteiger partial charge on any atom is 0.259 e. The van der Waals surface area contributed by atoms with Crippen LogP contribution in [-0.4, -0.2) is 25.8 Å². The van der Waals surface area contributed by atoms with Gasteiger partial charge in [0.2, 0.25) is 11.7 Å². The lowest BCUT2D eigenvalue weighted by Crippen LogP contribution is -2.12. The molecule has 0 unspecified atom stereocenters. The highest BCUT2D eigenvalue weighted by molar-refractivity contribution is 6.05. The third-order valence-corrected chi connectivity index (χ3v) is 4.86. The maximum atomic E-state index is 12.9. The second-order valence-corrected chi connectivity index (χ2v) is 7.54. The molecule has 0 aliphatic carbocycles. The number of aromatic nitrogens is 4. The molecule has 1 amide bonds. The second-order valence-electron chi connectivity index (χ2n) is 7.54. The van der Waals surface area contributed by atoms with Crippen molar-refractivity contribution in [2.24, 2.45) is 0 Å². The first-order chi connectivity index (χ1) is 14.3. The number of carbonyl (C=O) groups is 1. The highest BCUT2D eigenvalue weighted by atomic mass is 16.5. The lowest BCUT2D eigenvalue weighted by atomic mass is 10.1. The fraction of sp³-hybridized carbons (Fsp3) is 0.217. The highest BCUT2D eigenvalue weighted by Crippen LogP contribution is 2.24. The summed E-state index contributed by atoms with van der Waals surface area (Å²) in [7, 11) is 0. The van der Waals surface area contributed by atoms with E-state index in [9.17, 15) is 4.79 Å². The van der Waals surface area contributed by atoms with Crippen molar-refractivity contribution in [2.45, 2.75) is 34.6 Å². The number of aryl methyl sites for hydroxylation is 5. The molecule has 4 rings (SSSR count). The summed E-state index contributed by atoms with van der Waals surface area (Å²) < 4.78 is 6.81. The number of benzene rings is 2. The Bertz CT molecular complexity index is 1230. The van der Waals surface area contributed by atoms with E-state index in [4.69, 9.17) is 4.52 Å². The fourth-order valence-corrected chi connectivity index (χ4v) is 3.46. The Kier molecular flexibility index (Phi) is 4.95. The van der Waals surface area contributed by atoms with Crippen LogP contribution in [0.5, 0.6) is 0 Å². The molecule has 1 N–H and O–H groups in total. The van der Waals surface area contributed by atoms with Crippen LogP contribution < -0.4 is 5.32 Å². The molecule has 7 heteroatoms. The zero-order valence-electron chi connectivity index (χ0n) is 17.6. The van der Waals surface area contributed by atoms with Crippen LogP contribution in [-0.2, 0) is 0 Å². The van der Waals surface area contributed by atoms with Gasteiger partial charge in [0.1, 0.15) is 0 Å². The van der Waals surface area contributed by atoms with Gasteiger partial charge in [0.15, 0.2) is 0 Å². The van der Waals surface area contributed by atoms with Gasteiger partial charge < -0.3 is 9.84 Å². The van der Waals surface area contributed by atoms with Crippen molar-refractivity contribution < 1.29 is 9.32 Å². The minimum atomic E-state index is -0.189. The molecule has 0 atom stereocenters. The van der Waals surface area contributed by atoms with Gasteiger partial charge in [-0.2, -0.15) is 10.1 Å². The van der Waals surface area contributed by atoms with Crippen LogP contribution in [0.2, 0.25) is 0 Å². The zero-order valence-corrected chi connectivity index (χ0v) is 17.6. The molecular weight excluding hydrogens is 378 g/mol. The Morgan fingerprint density at radius 2 is 1.73 bits per heavy atom. The van der Waals surface area contributed by atoms with Crippen LogP contribution in [0.1, 0.15) is 38.6 Å². The Morgan fingerprint density at radius 1 is 1.00 bits per heavy atom. The fourth-order valence-electron chi connectivity index (χ4n) is 3.46. The van der Waals surface area contributed by atoms with E-state index in [2.05, 4.69) is 26.6 Å². The monoisotopic (exact) mass is 401 g/mol. The van der Waals surface area contributed by atoms with Gasteiger partial charge in [-0.15, -0.1) is 0 Å². The smallest absolute Gasteiger partial charge is 0.259 e. The second kappa shape index (κ2) is 7.59. The van der Waals surface area contributed by atoms with Gasteiger partial charge in [0.05, 0.1) is 16.9 Å². The number of hydrogen-bond acceptors (Lipinski definition) is 5. The summed E-state index contributed by atoms with van der Waals surface area (Å²) in [5.41, 5.74) is 6.83. The molecule has 30 heavy (non-hydrogen) atoms. The van der Waals surface area contributed by atoms with Crippen molar-refractivity contribution in [2.75, 3.05) is 5.32 Å². The van der Waals surface area contributed by atoms with Crippen molar-refractivity contribution >= 4 is 11.6 Å². The van der Waals surface area contributed by atoms with Crippen LogP contribution >= 0.6 is 0 Å². The molecule has 0 saturated heterocycles. The third kappa shape index (κ3) is 3.87. The molecule has 4 aromatic rings. The topological polar surface area (TPSA) is 85.8 Å². The molecule has 2 aromatic heterocycles. The predicted octanol–water partition coefficient (Wildman–Crippen LogP) is 4.72. The van der Waals surface area contributed by atoms with Crippen molar-refractivity contribution in [3.05, 3.63) is 76.4 Å². The molecule has 0 fully saturated rings. The minimum Gasteiger partial charge on any atom is -0.339 e. The number of hydrogen-bond donors (Lipinski definition) is 1. The number of amides is 1. The normalized spacial score (nSPS) is 11.0. The van der Waals surface area contributed by atoms with E-state index in [1.807, 2.05) is 58.0 Å². The van der Waals surface area contributed by atoms with E-state index in [-0.39, 0.29) is 5.91 Å². The largest absolute Gasteiger partial charge is 0.339 e. The quantitative estimate of drug-likeness (QED) is 0.535. The van der Waals surface area contributed by atoms with Crippen molar-refractivity contribution in [1.82, 2.24) is 19.9 Å². The number of anilines is 1. The van der Waals surface area contributed by atoms with Gasteiger partial charge in [-0.3, -0.25) is 4.79 Å². The van der Waals surface area contributed by atoms with E-state index in [0.717, 1.165) is 33.6 Å². The Balaban J connectivity index is 1.66. The highest BCUT2D eigenvalue weighted by Gasteiger charge is 2.17. The van der Waals surface area contributed by atoms with E-state index in [1.54, 1.807) is 17.8 Å². The molecule has 0 saturated carbocycles. The van der Waals surface area contributed by atoms with Gasteiger partial charge in [-0.05, 0) is 62.6 Å². The van der Waals surface area contributed by atoms with Crippen LogP contribution in [0, 0.1) is 34.6 Å². The first kappa shape index (κ1) is 19.6. The van der Waals surface area contributed by atoms with E-state index in [1.165, 1.54) is 0 Å². The zero-order chi connectivity index (χ0) is 21.4. The van der Waals surface area contributed by atoms with Crippen LogP contribution in [0.3, 0.4) is 0 Å². The average Bonchev–Trinajstić information content (AvgIpc) is 3.27. The molecule has 0 bridgehead atoms. The first-order valence-corrected chi connectivity index (χ1v) is 9.68.